The van der Waals surface area contributed by atoms with Crippen LogP contribution >= 0.6 is 0 Å². The van der Waals surface area contributed by atoms with Crippen LogP contribution in [0.2, 0.25) is 0 Å². The van der Waals surface area contributed by atoms with Crippen LogP contribution in [0.25, 0.3) is 0 Å². The average molecular weight is 290 g/mol. The first-order chi connectivity index (χ1) is 10.1. The fraction of sp³-hybridized carbons (Fsp3) is 0.533. The third-order valence-electron chi connectivity index (χ3n) is 4.64. The largest absolute Gasteiger partial charge is 0.457 e. The Morgan fingerprint density at radius 1 is 1.33 bits per heavy atom. The normalized spacial score (nSPS) is 28.3. The summed E-state index contributed by atoms with van der Waals surface area (Å²) in [5.41, 5.74) is 0.340. The van der Waals surface area contributed by atoms with Gasteiger partial charge in [0.25, 0.3) is 5.69 Å². The zero-order valence-electron chi connectivity index (χ0n) is 11.9. The van der Waals surface area contributed by atoms with Crippen molar-refractivity contribution >= 4 is 11.7 Å². The quantitative estimate of drug-likeness (QED) is 0.485. The highest BCUT2D eigenvalue weighted by Crippen LogP contribution is 2.36. The highest BCUT2D eigenvalue weighted by atomic mass is 16.6. The van der Waals surface area contributed by atoms with Crippen molar-refractivity contribution in [2.45, 2.75) is 43.9 Å². The van der Waals surface area contributed by atoms with Crippen LogP contribution in [0.4, 0.5) is 5.69 Å². The lowest BCUT2D eigenvalue weighted by molar-refractivity contribution is -0.384. The van der Waals surface area contributed by atoms with Crippen molar-refractivity contribution in [3.8, 4) is 0 Å². The maximum atomic E-state index is 12.2. The molecule has 1 aromatic rings. The third-order valence-corrected chi connectivity index (χ3v) is 4.64. The van der Waals surface area contributed by atoms with Crippen molar-refractivity contribution in [1.82, 2.24) is 4.90 Å². The molecule has 2 fully saturated rings. The van der Waals surface area contributed by atoms with Gasteiger partial charge < -0.3 is 4.74 Å². The van der Waals surface area contributed by atoms with E-state index in [1.165, 1.54) is 37.1 Å². The van der Waals surface area contributed by atoms with Crippen LogP contribution in [-0.4, -0.2) is 41.0 Å². The number of piperidine rings is 1. The van der Waals surface area contributed by atoms with Crippen LogP contribution in [0.3, 0.4) is 0 Å². The molecule has 0 spiro atoms. The van der Waals surface area contributed by atoms with Crippen molar-refractivity contribution in [2.75, 3.05) is 7.05 Å². The zero-order chi connectivity index (χ0) is 15.0. The standard InChI is InChI=1S/C15H18N2O4/c1-16-12-3-2-4-13(16)14(9-12)21-15(18)10-5-7-11(8-6-10)17(19)20/h5-8,12-14H,2-4,9H2,1H3/t12-,13+,14+/m0/s1. The van der Waals surface area contributed by atoms with Crippen molar-refractivity contribution in [3.63, 3.8) is 0 Å². The number of carbonyl (C=O) groups excluding carboxylic acids is 1. The monoisotopic (exact) mass is 290 g/mol. The molecule has 3 rings (SSSR count). The van der Waals surface area contributed by atoms with E-state index < -0.39 is 10.9 Å². The predicted molar refractivity (Wildman–Crippen MR) is 76.1 cm³/mol. The molecule has 0 radical (unpaired) electrons. The van der Waals surface area contributed by atoms with E-state index in [1.807, 2.05) is 0 Å². The Hall–Kier alpha value is -1.95. The molecular weight excluding hydrogens is 272 g/mol. The second kappa shape index (κ2) is 5.44. The topological polar surface area (TPSA) is 72.7 Å². The molecule has 21 heavy (non-hydrogen) atoms. The Kier molecular flexibility index (Phi) is 3.63. The van der Waals surface area contributed by atoms with E-state index >= 15 is 0 Å². The van der Waals surface area contributed by atoms with Gasteiger partial charge in [-0.05, 0) is 32.0 Å². The fourth-order valence-electron chi connectivity index (χ4n) is 3.45. The van der Waals surface area contributed by atoms with E-state index in [0.29, 0.717) is 17.6 Å². The maximum Gasteiger partial charge on any atom is 0.338 e. The Labute approximate surface area is 122 Å². The summed E-state index contributed by atoms with van der Waals surface area (Å²) < 4.78 is 5.63. The first kappa shape index (κ1) is 14.0. The van der Waals surface area contributed by atoms with Crippen LogP contribution in [0, 0.1) is 10.1 Å². The van der Waals surface area contributed by atoms with Crippen molar-refractivity contribution < 1.29 is 14.5 Å². The summed E-state index contributed by atoms with van der Waals surface area (Å²) in [5, 5.41) is 10.6. The van der Waals surface area contributed by atoms with E-state index in [-0.39, 0.29) is 11.8 Å². The lowest BCUT2D eigenvalue weighted by Crippen LogP contribution is -2.39. The smallest absolute Gasteiger partial charge is 0.338 e. The lowest BCUT2D eigenvalue weighted by Gasteiger charge is -2.31. The van der Waals surface area contributed by atoms with Crippen molar-refractivity contribution in [3.05, 3.63) is 39.9 Å². The van der Waals surface area contributed by atoms with E-state index in [1.54, 1.807) is 0 Å². The predicted octanol–water partition coefficient (Wildman–Crippen LogP) is 2.38. The van der Waals surface area contributed by atoms with Gasteiger partial charge in [-0.15, -0.1) is 0 Å². The summed E-state index contributed by atoms with van der Waals surface area (Å²) in [5.74, 6) is -0.393. The number of nitro groups is 1. The summed E-state index contributed by atoms with van der Waals surface area (Å²) in [4.78, 5) is 24.6. The molecule has 0 saturated carbocycles. The van der Waals surface area contributed by atoms with Gasteiger partial charge in [0, 0.05) is 30.6 Å². The van der Waals surface area contributed by atoms with Gasteiger partial charge in [0.15, 0.2) is 0 Å². The third kappa shape index (κ3) is 2.63. The summed E-state index contributed by atoms with van der Waals surface area (Å²) >= 11 is 0. The Balaban J connectivity index is 1.68. The summed E-state index contributed by atoms with van der Waals surface area (Å²) in [6, 6.07) is 6.38. The van der Waals surface area contributed by atoms with Gasteiger partial charge in [-0.2, -0.15) is 0 Å². The number of esters is 1. The molecular formula is C15H18N2O4. The number of hydrogen-bond donors (Lipinski definition) is 0. The first-order valence-electron chi connectivity index (χ1n) is 7.23. The zero-order valence-corrected chi connectivity index (χ0v) is 11.9. The highest BCUT2D eigenvalue weighted by molar-refractivity contribution is 5.89. The molecule has 2 heterocycles. The Bertz CT molecular complexity index is 557. The number of carbonyl (C=O) groups is 1. The average Bonchev–Trinajstić information content (AvgIpc) is 2.65. The van der Waals surface area contributed by atoms with Crippen molar-refractivity contribution in [2.24, 2.45) is 0 Å². The number of hydrogen-bond acceptors (Lipinski definition) is 5. The number of benzene rings is 1. The molecule has 6 heteroatoms. The molecule has 0 aliphatic carbocycles. The molecule has 6 nitrogen and oxygen atoms in total. The first-order valence-corrected chi connectivity index (χ1v) is 7.23. The maximum absolute atomic E-state index is 12.2. The van der Waals surface area contributed by atoms with Crippen LogP contribution < -0.4 is 0 Å². The van der Waals surface area contributed by atoms with Crippen molar-refractivity contribution in [1.29, 1.82) is 0 Å². The molecule has 2 bridgehead atoms. The summed E-state index contributed by atoms with van der Waals surface area (Å²) in [6.07, 6.45) is 4.24. The molecule has 1 aromatic carbocycles. The van der Waals surface area contributed by atoms with Crippen LogP contribution in [0.15, 0.2) is 24.3 Å². The van der Waals surface area contributed by atoms with E-state index in [0.717, 1.165) is 12.8 Å². The Morgan fingerprint density at radius 3 is 2.67 bits per heavy atom. The fourth-order valence-corrected chi connectivity index (χ4v) is 3.45. The molecule has 0 N–H and O–H groups in total. The van der Waals surface area contributed by atoms with E-state index in [2.05, 4.69) is 11.9 Å². The number of ether oxygens (including phenoxy) is 1. The molecule has 0 amide bonds. The van der Waals surface area contributed by atoms with Crippen LogP contribution in [0.1, 0.15) is 36.0 Å². The minimum Gasteiger partial charge on any atom is -0.457 e. The van der Waals surface area contributed by atoms with Gasteiger partial charge in [-0.1, -0.05) is 6.42 Å². The van der Waals surface area contributed by atoms with Gasteiger partial charge in [-0.25, -0.2) is 4.79 Å². The number of likely N-dealkylation sites (N-methyl/N-ethyl adjacent to an activating group) is 1. The number of rotatable bonds is 3. The summed E-state index contributed by atoms with van der Waals surface area (Å²) in [6.45, 7) is 0. The lowest BCUT2D eigenvalue weighted by atomic mass is 10.0. The van der Waals surface area contributed by atoms with E-state index in [9.17, 15) is 14.9 Å². The highest BCUT2D eigenvalue weighted by Gasteiger charge is 2.43. The molecule has 112 valence electrons. The molecule has 2 saturated heterocycles. The van der Waals surface area contributed by atoms with Gasteiger partial charge in [0.1, 0.15) is 6.10 Å². The summed E-state index contributed by atoms with van der Waals surface area (Å²) in [7, 11) is 2.09. The number of nitrogens with zero attached hydrogens (tertiary/aromatic N) is 2. The Morgan fingerprint density at radius 2 is 2.05 bits per heavy atom. The van der Waals surface area contributed by atoms with E-state index in [4.69, 9.17) is 4.74 Å². The minimum atomic E-state index is -0.482. The van der Waals surface area contributed by atoms with Gasteiger partial charge in [-0.3, -0.25) is 15.0 Å². The molecule has 0 aromatic heterocycles. The number of non-ortho nitro benzene ring substituents is 1. The molecule has 3 atom stereocenters. The van der Waals surface area contributed by atoms with Gasteiger partial charge in [0.2, 0.25) is 0 Å². The molecule has 0 unspecified atom stereocenters. The van der Waals surface area contributed by atoms with Gasteiger partial charge >= 0.3 is 5.97 Å². The van der Waals surface area contributed by atoms with Gasteiger partial charge in [0.05, 0.1) is 10.5 Å². The van der Waals surface area contributed by atoms with Crippen LogP contribution in [-0.2, 0) is 4.74 Å². The number of fused-ring (bicyclic) bond motifs is 2. The second-order valence-corrected chi connectivity index (χ2v) is 5.80. The molecule has 2 aliphatic rings. The second-order valence-electron chi connectivity index (χ2n) is 5.80. The van der Waals surface area contributed by atoms with Crippen LogP contribution in [0.5, 0.6) is 0 Å². The minimum absolute atomic E-state index is 0.0250. The SMILES string of the molecule is CN1[C@H]2CCC[C@@H]1[C@H](OC(=O)c1ccc([N+](=O)[O-])cc1)C2. The molecule has 2 aliphatic heterocycles. The number of nitro benzene ring substituents is 1.